The molecule has 0 aliphatic heterocycles. The van der Waals surface area contributed by atoms with Gasteiger partial charge < -0.3 is 9.79 Å². The molecule has 0 bridgehead atoms. The van der Waals surface area contributed by atoms with Crippen molar-refractivity contribution in [2.75, 3.05) is 0 Å². The van der Waals surface area contributed by atoms with Crippen LogP contribution in [0.5, 0.6) is 0 Å². The normalized spacial score (nSPS) is 16.1. The topological polar surface area (TPSA) is 101 Å². The van der Waals surface area contributed by atoms with Gasteiger partial charge in [0, 0.05) is 0 Å². The van der Waals surface area contributed by atoms with E-state index in [1.807, 2.05) is 58.9 Å². The highest BCUT2D eigenvalue weighted by Crippen LogP contribution is 2.51. The molecule has 0 fully saturated rings. The van der Waals surface area contributed by atoms with Crippen LogP contribution in [0.3, 0.4) is 0 Å². The summed E-state index contributed by atoms with van der Waals surface area (Å²) in [6.07, 6.45) is 0. The van der Waals surface area contributed by atoms with Crippen LogP contribution in [-0.4, -0.2) is 46.0 Å². The van der Waals surface area contributed by atoms with Crippen LogP contribution in [0.1, 0.15) is 0 Å². The Morgan fingerprint density at radius 3 is 1.19 bits per heavy atom. The molecule has 0 radical (unpaired) electrons. The first kappa shape index (κ1) is 21.7. The third-order valence-corrected chi connectivity index (χ3v) is 33.6. The van der Waals surface area contributed by atoms with Crippen LogP contribution in [0.2, 0.25) is 58.9 Å². The van der Waals surface area contributed by atoms with Crippen LogP contribution in [0.25, 0.3) is 0 Å². The van der Waals surface area contributed by atoms with Crippen LogP contribution in [0, 0.1) is 0 Å². The summed E-state index contributed by atoms with van der Waals surface area (Å²) < 4.78 is 40.5. The Kier molecular flexibility index (Phi) is 5.85. The van der Waals surface area contributed by atoms with Crippen molar-refractivity contribution in [1.29, 1.82) is 0 Å². The van der Waals surface area contributed by atoms with Crippen molar-refractivity contribution in [3.8, 4) is 0 Å². The Bertz CT molecular complexity index is 499. The molecule has 11 heteroatoms. The maximum atomic E-state index is 13.0. The Morgan fingerprint density at radius 1 is 0.810 bits per heavy atom. The highest BCUT2D eigenvalue weighted by molar-refractivity contribution is 7.98. The summed E-state index contributed by atoms with van der Waals surface area (Å²) in [5.74, 6) is 0. The van der Waals surface area contributed by atoms with E-state index < -0.39 is 45.8 Å². The van der Waals surface area contributed by atoms with Crippen molar-refractivity contribution < 1.29 is 26.7 Å². The molecular weight excluding hydrogens is 363 g/mol. The quantitative estimate of drug-likeness (QED) is 0.532. The van der Waals surface area contributed by atoms with Gasteiger partial charge in [0.2, 0.25) is 0 Å². The second-order valence-corrected chi connectivity index (χ2v) is 29.9. The van der Waals surface area contributed by atoms with Gasteiger partial charge in [-0.1, -0.05) is 58.9 Å². The van der Waals surface area contributed by atoms with Crippen LogP contribution in [0.4, 0.5) is 0 Å². The summed E-state index contributed by atoms with van der Waals surface area (Å²) in [5.41, 5.74) is 0. The lowest BCUT2D eigenvalue weighted by atomic mass is 11.6. The fourth-order valence-corrected chi connectivity index (χ4v) is 43.2. The van der Waals surface area contributed by atoms with E-state index in [0.717, 1.165) is 0 Å². The Labute approximate surface area is 131 Å². The average molecular weight is 393 g/mol. The Hall–Kier alpha value is 0.711. The molecule has 0 saturated carbocycles. The molecule has 0 aromatic heterocycles. The zero-order valence-corrected chi connectivity index (χ0v) is 19.1. The molecule has 0 amide bonds. The molecule has 0 saturated heterocycles. The lowest BCUT2D eigenvalue weighted by molar-refractivity contribution is 0.285. The van der Waals surface area contributed by atoms with Gasteiger partial charge in [0.05, 0.1) is 27.8 Å². The SMILES string of the molecule is C[Si](C)(C)C([Si](C)(C)C)([Si](C)(C)C)S(=O)(=O)OP(=O)(O)O. The highest BCUT2D eigenvalue weighted by atomic mass is 32.2. The first-order chi connectivity index (χ1) is 8.71. The molecule has 0 spiro atoms. The predicted octanol–water partition coefficient (Wildman–Crippen LogP) is 2.80. The third-order valence-electron chi connectivity index (χ3n) is 3.74. The van der Waals surface area contributed by atoms with Gasteiger partial charge in [-0.3, -0.25) is 0 Å². The van der Waals surface area contributed by atoms with E-state index in [9.17, 15) is 13.0 Å². The molecule has 0 atom stereocenters. The van der Waals surface area contributed by atoms with Crippen molar-refractivity contribution in [3.05, 3.63) is 0 Å². The lowest BCUT2D eigenvalue weighted by Crippen LogP contribution is -2.80. The van der Waals surface area contributed by atoms with Gasteiger partial charge in [0.25, 0.3) is 10.1 Å². The maximum absolute atomic E-state index is 13.0. The smallest absolute Gasteiger partial charge is 0.302 e. The molecule has 0 aliphatic rings. The number of hydrogen-bond donors (Lipinski definition) is 2. The van der Waals surface area contributed by atoms with E-state index in [0.29, 0.717) is 0 Å². The molecule has 0 aromatic carbocycles. The summed E-state index contributed by atoms with van der Waals surface area (Å²) in [5, 5.41) is 0. The van der Waals surface area contributed by atoms with Crippen LogP contribution >= 0.6 is 7.82 Å². The van der Waals surface area contributed by atoms with Crippen LogP contribution < -0.4 is 0 Å². The first-order valence-corrected chi connectivity index (χ1v) is 20.2. The van der Waals surface area contributed by atoms with Gasteiger partial charge in [0.1, 0.15) is 0 Å². The Morgan fingerprint density at radius 2 is 1.05 bits per heavy atom. The van der Waals surface area contributed by atoms with E-state index in [1.165, 1.54) is 0 Å². The monoisotopic (exact) mass is 392 g/mol. The number of phosphoric acid groups is 1. The summed E-state index contributed by atoms with van der Waals surface area (Å²) >= 11 is 0. The van der Waals surface area contributed by atoms with Gasteiger partial charge in [-0.15, -0.1) is 0 Å². The largest absolute Gasteiger partial charge is 0.484 e. The molecular formula is C10H29O6PSSi3. The fourth-order valence-electron chi connectivity index (χ4n) is 4.68. The van der Waals surface area contributed by atoms with Crippen molar-refractivity contribution in [1.82, 2.24) is 0 Å². The van der Waals surface area contributed by atoms with Crippen molar-refractivity contribution in [2.45, 2.75) is 62.5 Å². The maximum Gasteiger partial charge on any atom is 0.484 e. The Balaban J connectivity index is 6.82. The van der Waals surface area contributed by atoms with E-state index in [1.54, 1.807) is 0 Å². The summed E-state index contributed by atoms with van der Waals surface area (Å²) in [6, 6.07) is 0. The van der Waals surface area contributed by atoms with E-state index in [2.05, 4.69) is 3.97 Å². The second kappa shape index (κ2) is 5.66. The molecule has 0 aliphatic carbocycles. The highest BCUT2D eigenvalue weighted by Gasteiger charge is 2.69. The third kappa shape index (κ3) is 3.97. The zero-order chi connectivity index (χ0) is 17.7. The van der Waals surface area contributed by atoms with Gasteiger partial charge in [-0.25, -0.2) is 4.57 Å². The van der Waals surface area contributed by atoms with Crippen LogP contribution in [0.15, 0.2) is 0 Å². The van der Waals surface area contributed by atoms with Gasteiger partial charge in [-0.05, 0) is 0 Å². The summed E-state index contributed by atoms with van der Waals surface area (Å²) in [4.78, 5) is 18.1. The van der Waals surface area contributed by atoms with E-state index in [4.69, 9.17) is 9.79 Å². The molecule has 0 aromatic rings. The van der Waals surface area contributed by atoms with Crippen molar-refractivity contribution >= 4 is 42.2 Å². The van der Waals surface area contributed by atoms with Gasteiger partial charge in [0.15, 0.2) is 0 Å². The molecule has 0 unspecified atom stereocenters. The predicted molar refractivity (Wildman–Crippen MR) is 94.8 cm³/mol. The molecule has 0 rings (SSSR count). The summed E-state index contributed by atoms with van der Waals surface area (Å²) in [7, 11) is -16.6. The van der Waals surface area contributed by atoms with E-state index >= 15 is 0 Å². The number of rotatable bonds is 6. The fraction of sp³-hybridized carbons (Fsp3) is 1.00. The van der Waals surface area contributed by atoms with E-state index in [-0.39, 0.29) is 0 Å². The zero-order valence-electron chi connectivity index (χ0n) is 14.4. The second-order valence-electron chi connectivity index (χ2n) is 8.45. The molecule has 128 valence electrons. The summed E-state index contributed by atoms with van der Waals surface area (Å²) in [6.45, 7) is 17.5. The minimum Gasteiger partial charge on any atom is -0.302 e. The lowest BCUT2D eigenvalue weighted by Gasteiger charge is -2.56. The molecule has 0 heterocycles. The van der Waals surface area contributed by atoms with Crippen molar-refractivity contribution in [2.24, 2.45) is 0 Å². The standard InChI is InChI=1S/C10H29O6PSSi3/c1-19(2,3)10(20(4,5)6,21(7,8)9)18(14,15)16-17(11,12)13/h1-9H3,(H2,11,12,13). The van der Waals surface area contributed by atoms with Crippen LogP contribution in [-0.2, 0) is 18.7 Å². The van der Waals surface area contributed by atoms with Gasteiger partial charge in [-0.2, -0.15) is 12.4 Å². The minimum absolute atomic E-state index is 1.11. The number of hydrogen-bond acceptors (Lipinski definition) is 4. The van der Waals surface area contributed by atoms with Gasteiger partial charge >= 0.3 is 7.82 Å². The minimum atomic E-state index is -5.11. The average Bonchev–Trinajstić information content (AvgIpc) is 1.84. The molecule has 21 heavy (non-hydrogen) atoms. The van der Waals surface area contributed by atoms with Crippen molar-refractivity contribution in [3.63, 3.8) is 0 Å². The first-order valence-electron chi connectivity index (χ1n) is 6.72. The molecule has 2 N–H and O–H groups in total. The molecule has 6 nitrogen and oxygen atoms in total.